The summed E-state index contributed by atoms with van der Waals surface area (Å²) in [5.41, 5.74) is 3.11. The minimum Gasteiger partial charge on any atom is -0.508 e. The van der Waals surface area contributed by atoms with E-state index in [1.807, 2.05) is 12.1 Å². The molecule has 0 saturated carbocycles. The van der Waals surface area contributed by atoms with Gasteiger partial charge in [-0.1, -0.05) is 0 Å². The summed E-state index contributed by atoms with van der Waals surface area (Å²) >= 11 is 0. The monoisotopic (exact) mass is 409 g/mol. The second-order valence-corrected chi connectivity index (χ2v) is 7.03. The summed E-state index contributed by atoms with van der Waals surface area (Å²) in [7, 11) is 0. The van der Waals surface area contributed by atoms with E-state index in [9.17, 15) is 14.8 Å². The molecular weight excluding hydrogens is 394 g/mol. The van der Waals surface area contributed by atoms with Gasteiger partial charge in [0.25, 0.3) is 0 Å². The molecule has 5 rings (SSSR count). The van der Waals surface area contributed by atoms with Crippen molar-refractivity contribution < 1.29 is 19.4 Å². The van der Waals surface area contributed by atoms with Gasteiger partial charge in [0.05, 0.1) is 0 Å². The highest BCUT2D eigenvalue weighted by Crippen LogP contribution is 2.41. The number of phenolic OH excluding ortho intramolecular Hbond substituents is 1. The molecule has 150 valence electrons. The van der Waals surface area contributed by atoms with E-state index in [0.29, 0.717) is 39.8 Å². The third kappa shape index (κ3) is 3.51. The number of ether oxygens (including phenoxy) is 2. The zero-order valence-corrected chi connectivity index (χ0v) is 16.1. The molecule has 1 N–H and O–H groups in total. The van der Waals surface area contributed by atoms with Crippen molar-refractivity contribution in [3.63, 3.8) is 0 Å². The first-order valence-corrected chi connectivity index (χ1v) is 9.52. The minimum absolute atomic E-state index is 0.105. The van der Waals surface area contributed by atoms with Gasteiger partial charge in [-0.3, -0.25) is 4.79 Å². The topological polar surface area (TPSA) is 85.2 Å². The molecular formula is C25H15NO5. The average Bonchev–Trinajstić information content (AvgIpc) is 3.07. The van der Waals surface area contributed by atoms with E-state index in [2.05, 4.69) is 5.18 Å². The number of nitroso groups, excluding NO2 is 1. The van der Waals surface area contributed by atoms with Crippen molar-refractivity contribution in [1.82, 2.24) is 0 Å². The molecule has 1 aliphatic carbocycles. The van der Waals surface area contributed by atoms with Gasteiger partial charge in [-0.2, -0.15) is 0 Å². The summed E-state index contributed by atoms with van der Waals surface area (Å²) < 4.78 is 11.6. The molecule has 0 fully saturated rings. The standard InChI is InChI=1S/C25H15NO5/c27-16-3-7-18(8-4-16)31-20-10-12-22-21-11-9-19(13-23(21)25(28)24(22)14-20)30-17-5-1-15(26-29)2-6-17/h1-14,27H. The maximum absolute atomic E-state index is 13.0. The van der Waals surface area contributed by atoms with Crippen LogP contribution >= 0.6 is 0 Å². The van der Waals surface area contributed by atoms with Crippen molar-refractivity contribution in [2.45, 2.75) is 0 Å². The maximum Gasteiger partial charge on any atom is 0.194 e. The number of rotatable bonds is 5. The number of hydrogen-bond acceptors (Lipinski definition) is 6. The molecule has 31 heavy (non-hydrogen) atoms. The van der Waals surface area contributed by atoms with Crippen LogP contribution in [0.25, 0.3) is 11.1 Å². The summed E-state index contributed by atoms with van der Waals surface area (Å²) in [5, 5.41) is 12.3. The van der Waals surface area contributed by atoms with Gasteiger partial charge in [0, 0.05) is 11.1 Å². The Bertz CT molecular complexity index is 1310. The minimum atomic E-state index is -0.105. The Morgan fingerprint density at radius 3 is 1.52 bits per heavy atom. The van der Waals surface area contributed by atoms with E-state index >= 15 is 0 Å². The third-order valence-electron chi connectivity index (χ3n) is 5.01. The lowest BCUT2D eigenvalue weighted by Crippen LogP contribution is -1.96. The number of ketones is 1. The molecule has 6 heteroatoms. The van der Waals surface area contributed by atoms with Crippen LogP contribution in [-0.2, 0) is 0 Å². The largest absolute Gasteiger partial charge is 0.508 e. The predicted octanol–water partition coefficient (Wildman–Crippen LogP) is 6.59. The van der Waals surface area contributed by atoms with E-state index < -0.39 is 0 Å². The smallest absolute Gasteiger partial charge is 0.194 e. The van der Waals surface area contributed by atoms with E-state index in [0.717, 1.165) is 11.1 Å². The zero-order chi connectivity index (χ0) is 21.4. The van der Waals surface area contributed by atoms with Crippen LogP contribution in [0.4, 0.5) is 5.69 Å². The highest BCUT2D eigenvalue weighted by Gasteiger charge is 2.27. The van der Waals surface area contributed by atoms with Crippen LogP contribution in [0.1, 0.15) is 15.9 Å². The van der Waals surface area contributed by atoms with Crippen molar-refractivity contribution in [3.05, 3.63) is 101 Å². The summed E-state index contributed by atoms with van der Waals surface area (Å²) in [4.78, 5) is 23.6. The lowest BCUT2D eigenvalue weighted by atomic mass is 10.1. The molecule has 0 aromatic heterocycles. The number of aromatic hydroxyl groups is 1. The van der Waals surface area contributed by atoms with Gasteiger partial charge < -0.3 is 14.6 Å². The fourth-order valence-corrected chi connectivity index (χ4v) is 3.53. The molecule has 0 unspecified atom stereocenters. The van der Waals surface area contributed by atoms with Crippen molar-refractivity contribution in [2.75, 3.05) is 0 Å². The van der Waals surface area contributed by atoms with E-state index in [1.165, 1.54) is 12.1 Å². The van der Waals surface area contributed by atoms with E-state index in [-0.39, 0.29) is 11.5 Å². The van der Waals surface area contributed by atoms with Crippen molar-refractivity contribution in [1.29, 1.82) is 0 Å². The van der Waals surface area contributed by atoms with Crippen LogP contribution in [0.3, 0.4) is 0 Å². The van der Waals surface area contributed by atoms with Crippen LogP contribution in [0.2, 0.25) is 0 Å². The Balaban J connectivity index is 1.41. The first-order valence-electron chi connectivity index (χ1n) is 9.52. The highest BCUT2D eigenvalue weighted by molar-refractivity contribution is 6.22. The van der Waals surface area contributed by atoms with Crippen LogP contribution < -0.4 is 9.47 Å². The molecule has 0 heterocycles. The number of phenols is 1. The Hall–Kier alpha value is -4.45. The predicted molar refractivity (Wildman–Crippen MR) is 115 cm³/mol. The van der Waals surface area contributed by atoms with Gasteiger partial charge in [0.15, 0.2) is 5.78 Å². The van der Waals surface area contributed by atoms with Crippen molar-refractivity contribution in [3.8, 4) is 39.9 Å². The van der Waals surface area contributed by atoms with E-state index in [1.54, 1.807) is 60.7 Å². The van der Waals surface area contributed by atoms with Crippen molar-refractivity contribution >= 4 is 11.5 Å². The molecule has 6 nitrogen and oxygen atoms in total. The van der Waals surface area contributed by atoms with Gasteiger partial charge in [-0.05, 0) is 101 Å². The second kappa shape index (κ2) is 7.42. The quantitative estimate of drug-likeness (QED) is 0.331. The molecule has 0 saturated heterocycles. The summed E-state index contributed by atoms with van der Waals surface area (Å²) in [5.74, 6) is 2.21. The van der Waals surface area contributed by atoms with E-state index in [4.69, 9.17) is 9.47 Å². The molecule has 0 aliphatic heterocycles. The van der Waals surface area contributed by atoms with Gasteiger partial charge in [0.1, 0.15) is 34.4 Å². The molecule has 0 spiro atoms. The molecule has 4 aromatic carbocycles. The van der Waals surface area contributed by atoms with Crippen molar-refractivity contribution in [2.24, 2.45) is 5.18 Å². The number of hydrogen-bond donors (Lipinski definition) is 1. The number of benzene rings is 4. The third-order valence-corrected chi connectivity index (χ3v) is 5.01. The Morgan fingerprint density at radius 1 is 0.581 bits per heavy atom. The molecule has 0 bridgehead atoms. The first-order chi connectivity index (χ1) is 15.1. The summed E-state index contributed by atoms with van der Waals surface area (Å²) in [6.07, 6.45) is 0. The Kier molecular flexibility index (Phi) is 4.45. The SMILES string of the molecule is O=Nc1ccc(Oc2ccc3c(c2)C(=O)c2cc(Oc4ccc(O)cc4)ccc2-3)cc1. The number of nitrogens with zero attached hydrogens (tertiary/aromatic N) is 1. The molecule has 0 amide bonds. The van der Waals surface area contributed by atoms with Gasteiger partial charge >= 0.3 is 0 Å². The van der Waals surface area contributed by atoms with Gasteiger partial charge in [-0.25, -0.2) is 0 Å². The molecule has 4 aromatic rings. The van der Waals surface area contributed by atoms with Crippen LogP contribution in [-0.4, -0.2) is 10.9 Å². The molecule has 1 aliphatic rings. The van der Waals surface area contributed by atoms with Gasteiger partial charge in [0.2, 0.25) is 0 Å². The van der Waals surface area contributed by atoms with Crippen LogP contribution in [0.5, 0.6) is 28.7 Å². The number of fused-ring (bicyclic) bond motifs is 3. The Labute approximate surface area is 177 Å². The second-order valence-electron chi connectivity index (χ2n) is 7.03. The first kappa shape index (κ1) is 18.6. The summed E-state index contributed by atoms with van der Waals surface area (Å²) in [6.45, 7) is 0. The average molecular weight is 409 g/mol. The van der Waals surface area contributed by atoms with Crippen LogP contribution in [0.15, 0.2) is 90.1 Å². The molecule has 0 radical (unpaired) electrons. The number of carbonyl (C=O) groups is 1. The Morgan fingerprint density at radius 2 is 1.03 bits per heavy atom. The normalized spacial score (nSPS) is 11.5. The summed E-state index contributed by atoms with van der Waals surface area (Å²) in [6, 6.07) is 23.6. The zero-order valence-electron chi connectivity index (χ0n) is 16.1. The fraction of sp³-hybridized carbons (Fsp3) is 0. The number of carbonyl (C=O) groups excluding carboxylic acids is 1. The maximum atomic E-state index is 13.0. The molecule has 0 atom stereocenters. The lowest BCUT2D eigenvalue weighted by Gasteiger charge is -2.08. The van der Waals surface area contributed by atoms with Crippen LogP contribution in [0, 0.1) is 4.91 Å². The van der Waals surface area contributed by atoms with Gasteiger partial charge in [-0.15, -0.1) is 4.91 Å². The lowest BCUT2D eigenvalue weighted by molar-refractivity contribution is 0.104. The highest BCUT2D eigenvalue weighted by atomic mass is 16.5. The fourth-order valence-electron chi connectivity index (χ4n) is 3.53.